The molecule has 0 fully saturated rings. The number of benzene rings is 3. The third kappa shape index (κ3) is 4.78. The summed E-state index contributed by atoms with van der Waals surface area (Å²) in [6.45, 7) is 0. The van der Waals surface area contributed by atoms with E-state index < -0.39 is 25.8 Å². The molecule has 14 heteroatoms. The average molecular weight is 511 g/mol. The Balaban J connectivity index is 1.68. The number of nitro groups is 2. The third-order valence-electron chi connectivity index (χ3n) is 5.17. The number of fused-ring (bicyclic) bond motifs is 1. The van der Waals surface area contributed by atoms with Gasteiger partial charge in [-0.25, -0.2) is 13.1 Å². The van der Waals surface area contributed by atoms with Crippen LogP contribution >= 0.6 is 0 Å². The molecule has 0 saturated carbocycles. The summed E-state index contributed by atoms with van der Waals surface area (Å²) in [4.78, 5) is 36.4. The minimum atomic E-state index is -4.25. The summed E-state index contributed by atoms with van der Waals surface area (Å²) < 4.78 is 32.2. The van der Waals surface area contributed by atoms with Crippen molar-refractivity contribution in [1.29, 1.82) is 0 Å². The maximum atomic E-state index is 12.8. The van der Waals surface area contributed by atoms with Gasteiger partial charge in [-0.05, 0) is 48.5 Å². The molecule has 0 bridgehead atoms. The monoisotopic (exact) mass is 511 g/mol. The van der Waals surface area contributed by atoms with E-state index in [1.165, 1.54) is 73.8 Å². The Morgan fingerprint density at radius 2 is 1.61 bits per heavy atom. The second-order valence-electron chi connectivity index (χ2n) is 7.40. The minimum absolute atomic E-state index is 0.0149. The van der Waals surface area contributed by atoms with Crippen molar-refractivity contribution in [3.63, 3.8) is 0 Å². The van der Waals surface area contributed by atoms with Crippen LogP contribution in [0.25, 0.3) is 10.9 Å². The summed E-state index contributed by atoms with van der Waals surface area (Å²) in [6.07, 6.45) is 0. The Kier molecular flexibility index (Phi) is 6.27. The molecule has 13 nitrogen and oxygen atoms in total. The molecule has 184 valence electrons. The van der Waals surface area contributed by atoms with E-state index >= 15 is 0 Å². The Hall–Kier alpha value is -4.98. The zero-order valence-electron chi connectivity index (χ0n) is 18.4. The van der Waals surface area contributed by atoms with Gasteiger partial charge in [0.05, 0.1) is 21.9 Å². The van der Waals surface area contributed by atoms with Crippen molar-refractivity contribution in [2.24, 2.45) is 0 Å². The summed E-state index contributed by atoms with van der Waals surface area (Å²) in [5.41, 5.74) is 0.0919. The number of nitro benzene ring substituents is 2. The van der Waals surface area contributed by atoms with Gasteiger partial charge in [0, 0.05) is 35.0 Å². The topological polar surface area (TPSA) is 187 Å². The van der Waals surface area contributed by atoms with E-state index in [0.29, 0.717) is 17.1 Å². The second-order valence-corrected chi connectivity index (χ2v) is 9.08. The van der Waals surface area contributed by atoms with Crippen LogP contribution in [-0.4, -0.2) is 36.3 Å². The van der Waals surface area contributed by atoms with Crippen molar-refractivity contribution in [3.8, 4) is 5.75 Å². The van der Waals surface area contributed by atoms with Crippen LogP contribution in [0.15, 0.2) is 71.6 Å². The molecule has 1 aromatic heterocycles. The van der Waals surface area contributed by atoms with Gasteiger partial charge < -0.3 is 15.0 Å². The minimum Gasteiger partial charge on any atom is -0.497 e. The number of nitrogens with one attached hydrogen (secondary N) is 3. The highest BCUT2D eigenvalue weighted by molar-refractivity contribution is 7.90. The normalized spacial score (nSPS) is 11.1. The third-order valence-corrected chi connectivity index (χ3v) is 6.51. The first kappa shape index (κ1) is 24.2. The van der Waals surface area contributed by atoms with Crippen molar-refractivity contribution in [2.75, 3.05) is 12.4 Å². The zero-order valence-corrected chi connectivity index (χ0v) is 19.2. The first-order valence-electron chi connectivity index (χ1n) is 10.1. The second kappa shape index (κ2) is 9.34. The number of methoxy groups -OCH3 is 1. The highest BCUT2D eigenvalue weighted by Crippen LogP contribution is 2.34. The van der Waals surface area contributed by atoms with Gasteiger partial charge in [0.25, 0.3) is 27.3 Å². The summed E-state index contributed by atoms with van der Waals surface area (Å²) in [5, 5.41) is 25.6. The van der Waals surface area contributed by atoms with Crippen molar-refractivity contribution in [1.82, 2.24) is 9.71 Å². The van der Waals surface area contributed by atoms with Crippen LogP contribution in [0.1, 0.15) is 10.5 Å². The standard InChI is InChI=1S/C22H17N5O8S/c1-35-15-6-8-16(9-7-15)36(33,34)25-22(28)19-12-17-18(10-11-20(27(31)32)21(17)24-19)23-13-2-4-14(5-3-13)26(29)30/h2-12,23-24H,1H3,(H,25,28). The molecule has 1 heterocycles. The summed E-state index contributed by atoms with van der Waals surface area (Å²) in [5.74, 6) is -0.603. The average Bonchev–Trinajstić information content (AvgIpc) is 3.30. The molecule has 3 aromatic carbocycles. The van der Waals surface area contributed by atoms with E-state index in [-0.39, 0.29) is 32.9 Å². The van der Waals surface area contributed by atoms with Gasteiger partial charge in [0.15, 0.2) is 0 Å². The van der Waals surface area contributed by atoms with Crippen molar-refractivity contribution < 1.29 is 27.8 Å². The number of hydrogen-bond donors (Lipinski definition) is 3. The molecule has 3 N–H and O–H groups in total. The number of non-ortho nitro benzene ring substituents is 2. The van der Waals surface area contributed by atoms with Crippen LogP contribution in [0.4, 0.5) is 22.7 Å². The zero-order chi connectivity index (χ0) is 26.0. The number of H-pyrrole nitrogens is 1. The van der Waals surface area contributed by atoms with Crippen LogP contribution in [0, 0.1) is 20.2 Å². The predicted molar refractivity (Wildman–Crippen MR) is 129 cm³/mol. The fraction of sp³-hybridized carbons (Fsp3) is 0.0455. The SMILES string of the molecule is COc1ccc(S(=O)(=O)NC(=O)c2cc3c(Nc4ccc([N+](=O)[O-])cc4)ccc([N+](=O)[O-])c3[nH]2)cc1. The predicted octanol–water partition coefficient (Wildman–Crippen LogP) is 3.86. The lowest BCUT2D eigenvalue weighted by molar-refractivity contribution is -0.384. The number of ether oxygens (including phenoxy) is 1. The van der Waals surface area contributed by atoms with Crippen LogP contribution in [0.2, 0.25) is 0 Å². The number of rotatable bonds is 8. The molecule has 0 aliphatic heterocycles. The highest BCUT2D eigenvalue weighted by atomic mass is 32.2. The Labute approximate surface area is 203 Å². The number of carbonyl (C=O) groups is 1. The number of amides is 1. The number of nitrogens with zero attached hydrogens (tertiary/aromatic N) is 2. The van der Waals surface area contributed by atoms with Gasteiger partial charge in [-0.3, -0.25) is 25.0 Å². The van der Waals surface area contributed by atoms with Crippen LogP contribution in [-0.2, 0) is 10.0 Å². The molecule has 1 amide bonds. The number of hydrogen-bond acceptors (Lipinski definition) is 9. The van der Waals surface area contributed by atoms with E-state index in [9.17, 15) is 33.4 Å². The van der Waals surface area contributed by atoms with E-state index in [0.717, 1.165) is 0 Å². The molecule has 0 unspecified atom stereocenters. The van der Waals surface area contributed by atoms with E-state index in [1.54, 1.807) is 0 Å². The van der Waals surface area contributed by atoms with Crippen LogP contribution in [0.5, 0.6) is 5.75 Å². The lowest BCUT2D eigenvalue weighted by Crippen LogP contribution is -2.30. The van der Waals surface area contributed by atoms with E-state index in [4.69, 9.17) is 4.74 Å². The number of aromatic nitrogens is 1. The first-order valence-corrected chi connectivity index (χ1v) is 11.6. The number of carbonyl (C=O) groups excluding carboxylic acids is 1. The number of anilines is 2. The van der Waals surface area contributed by atoms with Gasteiger partial charge in [0.2, 0.25) is 0 Å². The number of sulfonamides is 1. The molecule has 0 aliphatic carbocycles. The Morgan fingerprint density at radius 1 is 0.944 bits per heavy atom. The molecule has 0 spiro atoms. The van der Waals surface area contributed by atoms with Gasteiger partial charge in [0.1, 0.15) is 17.0 Å². The molecule has 36 heavy (non-hydrogen) atoms. The Morgan fingerprint density at radius 3 is 2.19 bits per heavy atom. The molecular formula is C22H17N5O8S. The van der Waals surface area contributed by atoms with Gasteiger partial charge in [-0.15, -0.1) is 0 Å². The largest absolute Gasteiger partial charge is 0.497 e. The van der Waals surface area contributed by atoms with E-state index in [2.05, 4.69) is 10.3 Å². The highest BCUT2D eigenvalue weighted by Gasteiger charge is 2.24. The maximum Gasteiger partial charge on any atom is 0.293 e. The Bertz CT molecular complexity index is 1600. The molecular weight excluding hydrogens is 494 g/mol. The summed E-state index contributed by atoms with van der Waals surface area (Å²) in [7, 11) is -2.82. The first-order chi connectivity index (χ1) is 17.1. The summed E-state index contributed by atoms with van der Waals surface area (Å²) >= 11 is 0. The van der Waals surface area contributed by atoms with Crippen molar-refractivity contribution in [2.45, 2.75) is 4.90 Å². The maximum absolute atomic E-state index is 12.8. The molecule has 0 aliphatic rings. The fourth-order valence-electron chi connectivity index (χ4n) is 3.40. The fourth-order valence-corrected chi connectivity index (χ4v) is 4.37. The molecule has 0 saturated heterocycles. The molecule has 4 aromatic rings. The van der Waals surface area contributed by atoms with Crippen LogP contribution < -0.4 is 14.8 Å². The smallest absolute Gasteiger partial charge is 0.293 e. The van der Waals surface area contributed by atoms with Gasteiger partial charge >= 0.3 is 0 Å². The van der Waals surface area contributed by atoms with E-state index in [1.807, 2.05) is 4.72 Å². The summed E-state index contributed by atoms with van der Waals surface area (Å²) in [6, 6.07) is 14.7. The lowest BCUT2D eigenvalue weighted by Gasteiger charge is -2.08. The number of aromatic amines is 1. The van der Waals surface area contributed by atoms with Crippen LogP contribution in [0.3, 0.4) is 0 Å². The van der Waals surface area contributed by atoms with Crippen molar-refractivity contribution >= 4 is 49.6 Å². The van der Waals surface area contributed by atoms with Crippen molar-refractivity contribution in [3.05, 3.63) is 92.7 Å². The van der Waals surface area contributed by atoms with Gasteiger partial charge in [-0.2, -0.15) is 0 Å². The lowest BCUT2D eigenvalue weighted by atomic mass is 10.1. The molecule has 0 atom stereocenters. The van der Waals surface area contributed by atoms with Gasteiger partial charge in [-0.1, -0.05) is 0 Å². The molecule has 4 rings (SSSR count). The molecule has 0 radical (unpaired) electrons. The quantitative estimate of drug-likeness (QED) is 0.233.